The van der Waals surface area contributed by atoms with Gasteiger partial charge in [0.2, 0.25) is 0 Å². The molecule has 4 nitrogen and oxygen atoms in total. The number of aliphatic carboxylic acids is 1. The zero-order valence-electron chi connectivity index (χ0n) is 28.7. The van der Waals surface area contributed by atoms with Crippen molar-refractivity contribution in [3.8, 4) is 0 Å². The second-order valence-electron chi connectivity index (χ2n) is 12.0. The average molecular weight is 613 g/mol. The Hall–Kier alpha value is -2.36. The van der Waals surface area contributed by atoms with E-state index in [2.05, 4.69) is 74.6 Å². The zero-order valence-corrected chi connectivity index (χ0v) is 28.7. The lowest BCUT2D eigenvalue weighted by Crippen LogP contribution is -2.18. The molecule has 0 aromatic rings. The van der Waals surface area contributed by atoms with E-state index in [4.69, 9.17) is 9.84 Å². The van der Waals surface area contributed by atoms with Crippen molar-refractivity contribution >= 4 is 11.9 Å². The number of carboxylic acids is 1. The summed E-state index contributed by atoms with van der Waals surface area (Å²) in [5.74, 6) is -0.704. The lowest BCUT2D eigenvalue weighted by Gasteiger charge is -2.17. The summed E-state index contributed by atoms with van der Waals surface area (Å²) in [6.45, 7) is 4.32. The van der Waals surface area contributed by atoms with Crippen LogP contribution in [0.1, 0.15) is 174 Å². The highest BCUT2D eigenvalue weighted by Gasteiger charge is 2.13. The van der Waals surface area contributed by atoms with Gasteiger partial charge in [-0.2, -0.15) is 0 Å². The molecule has 0 aliphatic carbocycles. The second-order valence-corrected chi connectivity index (χ2v) is 12.0. The first-order valence-corrected chi connectivity index (χ1v) is 18.3. The highest BCUT2D eigenvalue weighted by Crippen LogP contribution is 2.17. The Kier molecular flexibility index (Phi) is 33.2. The molecule has 0 bridgehead atoms. The monoisotopic (exact) mass is 613 g/mol. The van der Waals surface area contributed by atoms with E-state index in [0.717, 1.165) is 83.5 Å². The molecule has 0 aliphatic heterocycles. The van der Waals surface area contributed by atoms with Gasteiger partial charge in [-0.15, -0.1) is 0 Å². The molecule has 0 aromatic carbocycles. The van der Waals surface area contributed by atoms with Gasteiger partial charge in [-0.25, -0.2) is 0 Å². The minimum Gasteiger partial charge on any atom is -0.481 e. The molecular weight excluding hydrogens is 544 g/mol. The van der Waals surface area contributed by atoms with Crippen LogP contribution in [0.15, 0.2) is 60.8 Å². The van der Waals surface area contributed by atoms with Crippen LogP contribution in [0, 0.1) is 0 Å². The molecule has 1 unspecified atom stereocenters. The second kappa shape index (κ2) is 35.1. The van der Waals surface area contributed by atoms with Crippen LogP contribution in [0.4, 0.5) is 0 Å². The van der Waals surface area contributed by atoms with Crippen LogP contribution in [0.3, 0.4) is 0 Å². The fraction of sp³-hybridized carbons (Fsp3) is 0.700. The fourth-order valence-corrected chi connectivity index (χ4v) is 5.15. The van der Waals surface area contributed by atoms with Crippen LogP contribution < -0.4 is 0 Å². The number of hydrogen-bond donors (Lipinski definition) is 1. The maximum atomic E-state index is 12.4. The van der Waals surface area contributed by atoms with Crippen LogP contribution in [0.25, 0.3) is 0 Å². The summed E-state index contributed by atoms with van der Waals surface area (Å²) in [4.78, 5) is 22.9. The van der Waals surface area contributed by atoms with Gasteiger partial charge in [0, 0.05) is 12.8 Å². The Labute approximate surface area is 272 Å². The van der Waals surface area contributed by atoms with E-state index in [9.17, 15) is 9.59 Å². The van der Waals surface area contributed by atoms with Crippen LogP contribution in [-0.4, -0.2) is 23.1 Å². The van der Waals surface area contributed by atoms with E-state index < -0.39 is 5.97 Å². The summed E-state index contributed by atoms with van der Waals surface area (Å²) in [5, 5.41) is 8.65. The van der Waals surface area contributed by atoms with Gasteiger partial charge in [0.05, 0.1) is 0 Å². The Morgan fingerprint density at radius 2 is 0.955 bits per heavy atom. The van der Waals surface area contributed by atoms with Crippen LogP contribution in [0.5, 0.6) is 0 Å². The van der Waals surface area contributed by atoms with Crippen molar-refractivity contribution in [1.82, 2.24) is 0 Å². The van der Waals surface area contributed by atoms with Crippen LogP contribution >= 0.6 is 0 Å². The van der Waals surface area contributed by atoms with Gasteiger partial charge in [-0.3, -0.25) is 9.59 Å². The van der Waals surface area contributed by atoms with Crippen LogP contribution in [-0.2, 0) is 14.3 Å². The van der Waals surface area contributed by atoms with E-state index in [0.29, 0.717) is 12.8 Å². The summed E-state index contributed by atoms with van der Waals surface area (Å²) >= 11 is 0. The highest BCUT2D eigenvalue weighted by molar-refractivity contribution is 5.69. The number of carbonyl (C=O) groups is 2. The molecule has 0 amide bonds. The molecule has 0 fully saturated rings. The van der Waals surface area contributed by atoms with Crippen molar-refractivity contribution < 1.29 is 19.4 Å². The minimum absolute atomic E-state index is 0.0314. The predicted molar refractivity (Wildman–Crippen MR) is 190 cm³/mol. The predicted octanol–water partition coefficient (Wildman–Crippen LogP) is 12.6. The molecule has 0 radical (unpaired) electrons. The number of hydrogen-bond acceptors (Lipinski definition) is 3. The first-order valence-electron chi connectivity index (χ1n) is 18.3. The van der Waals surface area contributed by atoms with Crippen molar-refractivity contribution in [1.29, 1.82) is 0 Å². The first-order chi connectivity index (χ1) is 21.6. The Bertz CT molecular complexity index is 789. The molecule has 0 aliphatic rings. The first kappa shape index (κ1) is 41.6. The van der Waals surface area contributed by atoms with E-state index >= 15 is 0 Å². The Morgan fingerprint density at radius 1 is 0.523 bits per heavy atom. The highest BCUT2D eigenvalue weighted by atomic mass is 16.5. The Morgan fingerprint density at radius 3 is 1.41 bits per heavy atom. The zero-order chi connectivity index (χ0) is 32.2. The molecule has 0 saturated carbocycles. The number of esters is 1. The third-order valence-electron chi connectivity index (χ3n) is 7.73. The van der Waals surface area contributed by atoms with Gasteiger partial charge in [0.15, 0.2) is 0 Å². The summed E-state index contributed by atoms with van der Waals surface area (Å²) < 4.78 is 5.83. The fourth-order valence-electron chi connectivity index (χ4n) is 5.15. The standard InChI is InChI=1S/C40H68O4/c1-3-5-6-7-8-9-10-11-12-13-14-18-21-24-27-30-33-37-40(43)44-38(34-4-2)35-31-28-25-22-19-16-15-17-20-23-26-29-32-36-39(41)42/h5-6,8-9,11-12,14,18,24,27,38H,3-4,7,10,13,15-17,19-23,25-26,28-37H2,1-2H3,(H,41,42)/b6-5-,9-8-,12-11-,18-14-,27-24-. The van der Waals surface area contributed by atoms with Gasteiger partial charge in [0.25, 0.3) is 0 Å². The van der Waals surface area contributed by atoms with Crippen LogP contribution in [0.2, 0.25) is 0 Å². The summed E-state index contributed by atoms with van der Waals surface area (Å²) in [5.41, 5.74) is 0. The SMILES string of the molecule is CC/C=C\C/C=C\C/C=C\C/C=C\C/C=C\CCCC(=O)OC(CCC)CCCCCCCCCCCCCCCC(=O)O. The maximum Gasteiger partial charge on any atom is 0.306 e. The molecule has 0 spiro atoms. The van der Waals surface area contributed by atoms with Crippen molar-refractivity contribution in [3.63, 3.8) is 0 Å². The van der Waals surface area contributed by atoms with Crippen molar-refractivity contribution in [2.75, 3.05) is 0 Å². The number of allylic oxidation sites excluding steroid dienone is 10. The molecule has 0 saturated heterocycles. The van der Waals surface area contributed by atoms with Gasteiger partial charge < -0.3 is 9.84 Å². The molecule has 44 heavy (non-hydrogen) atoms. The number of carbonyl (C=O) groups excluding carboxylic acids is 1. The maximum absolute atomic E-state index is 12.4. The number of unbranched alkanes of at least 4 members (excludes halogenated alkanes) is 13. The largest absolute Gasteiger partial charge is 0.481 e. The molecule has 0 aromatic heterocycles. The van der Waals surface area contributed by atoms with E-state index in [1.807, 2.05) is 0 Å². The molecule has 1 atom stereocenters. The van der Waals surface area contributed by atoms with Gasteiger partial charge in [-0.1, -0.05) is 152 Å². The lowest BCUT2D eigenvalue weighted by atomic mass is 10.0. The van der Waals surface area contributed by atoms with Gasteiger partial charge >= 0.3 is 11.9 Å². The molecular formula is C40H68O4. The average Bonchev–Trinajstić information content (AvgIpc) is 3.00. The smallest absolute Gasteiger partial charge is 0.306 e. The van der Waals surface area contributed by atoms with Crippen molar-refractivity contribution in [2.24, 2.45) is 0 Å². The van der Waals surface area contributed by atoms with Gasteiger partial charge in [0.1, 0.15) is 6.10 Å². The third kappa shape index (κ3) is 34.1. The number of ether oxygens (including phenoxy) is 1. The topological polar surface area (TPSA) is 63.6 Å². The van der Waals surface area contributed by atoms with E-state index in [1.165, 1.54) is 64.2 Å². The number of rotatable bonds is 32. The summed E-state index contributed by atoms with van der Waals surface area (Å²) in [7, 11) is 0. The molecule has 252 valence electrons. The molecule has 1 N–H and O–H groups in total. The van der Waals surface area contributed by atoms with E-state index in [-0.39, 0.29) is 12.1 Å². The lowest BCUT2D eigenvalue weighted by molar-refractivity contribution is -0.150. The molecule has 0 rings (SSSR count). The van der Waals surface area contributed by atoms with Crippen molar-refractivity contribution in [2.45, 2.75) is 180 Å². The molecule has 4 heteroatoms. The van der Waals surface area contributed by atoms with E-state index in [1.54, 1.807) is 0 Å². The van der Waals surface area contributed by atoms with Gasteiger partial charge in [-0.05, 0) is 70.6 Å². The minimum atomic E-state index is -0.673. The molecule has 0 heterocycles. The summed E-state index contributed by atoms with van der Waals surface area (Å²) in [6.07, 6.45) is 48.7. The quantitative estimate of drug-likeness (QED) is 0.0466. The third-order valence-corrected chi connectivity index (χ3v) is 7.73. The van der Waals surface area contributed by atoms with Crippen molar-refractivity contribution in [3.05, 3.63) is 60.8 Å². The number of carboxylic acid groups (broad SMARTS) is 1. The summed E-state index contributed by atoms with van der Waals surface area (Å²) in [6, 6.07) is 0. The Balaban J connectivity index is 3.69. The normalized spacial score (nSPS) is 13.0.